The minimum atomic E-state index is -8.62. The molecule has 0 N–H and O–H groups in total. The van der Waals surface area contributed by atoms with E-state index in [9.17, 15) is 74.6 Å². The summed E-state index contributed by atoms with van der Waals surface area (Å²) < 4.78 is 229. The molecular weight excluding hydrogens is 635 g/mol. The van der Waals surface area contributed by atoms with E-state index in [1.165, 1.54) is 24.3 Å². The van der Waals surface area contributed by atoms with Crippen LogP contribution in [0.5, 0.6) is 5.75 Å². The Morgan fingerprint density at radius 2 is 0.919 bits per heavy atom. The molecule has 0 saturated heterocycles. The maximum atomic E-state index is 13.8. The second kappa shape index (κ2) is 10.1. The highest BCUT2D eigenvalue weighted by Crippen LogP contribution is 2.64. The zero-order valence-corrected chi connectivity index (χ0v) is 18.9. The molecule has 1 aromatic rings. The van der Waals surface area contributed by atoms with E-state index in [0.29, 0.717) is 10.9 Å². The summed E-state index contributed by atoms with van der Waals surface area (Å²) in [6, 6.07) is 5.32. The molecule has 0 aliphatic rings. The molecular formula is C18H12BrF17O. The lowest BCUT2D eigenvalue weighted by atomic mass is 9.88. The van der Waals surface area contributed by atoms with E-state index in [1.807, 2.05) is 0 Å². The number of hydrogen-bond acceptors (Lipinski definition) is 1. The molecule has 0 aliphatic carbocycles. The fourth-order valence-corrected chi connectivity index (χ4v) is 2.89. The Balaban J connectivity index is 3.20. The summed E-state index contributed by atoms with van der Waals surface area (Å²) in [6.45, 7) is -0.979. The van der Waals surface area contributed by atoms with E-state index in [4.69, 9.17) is 4.74 Å². The summed E-state index contributed by atoms with van der Waals surface area (Å²) in [4.78, 5) is 0. The zero-order chi connectivity index (χ0) is 29.5. The van der Waals surface area contributed by atoms with Crippen LogP contribution in [-0.4, -0.2) is 54.2 Å². The van der Waals surface area contributed by atoms with Crippen molar-refractivity contribution in [3.05, 3.63) is 29.8 Å². The topological polar surface area (TPSA) is 9.23 Å². The van der Waals surface area contributed by atoms with Gasteiger partial charge in [-0.05, 0) is 24.1 Å². The molecule has 0 unspecified atom stereocenters. The molecule has 0 spiro atoms. The van der Waals surface area contributed by atoms with Crippen molar-refractivity contribution in [1.29, 1.82) is 0 Å². The van der Waals surface area contributed by atoms with Crippen LogP contribution in [0.4, 0.5) is 74.6 Å². The van der Waals surface area contributed by atoms with Crippen LogP contribution in [0.1, 0.15) is 18.4 Å². The molecule has 0 amide bonds. The number of alkyl halides is 18. The predicted octanol–water partition coefficient (Wildman–Crippen LogP) is 8.75. The zero-order valence-electron chi connectivity index (χ0n) is 17.3. The molecule has 19 heteroatoms. The smallest absolute Gasteiger partial charge is 0.460 e. The molecule has 0 aliphatic heterocycles. The molecule has 1 rings (SSSR count). The van der Waals surface area contributed by atoms with Gasteiger partial charge in [0.2, 0.25) is 0 Å². The summed E-state index contributed by atoms with van der Waals surface area (Å²) in [5.41, 5.74) is 0.678. The highest BCUT2D eigenvalue weighted by molar-refractivity contribution is 9.08. The first-order valence-electron chi connectivity index (χ1n) is 9.25. The summed E-state index contributed by atoms with van der Waals surface area (Å²) >= 11 is 3.07. The van der Waals surface area contributed by atoms with Gasteiger partial charge in [-0.3, -0.25) is 0 Å². The van der Waals surface area contributed by atoms with E-state index in [2.05, 4.69) is 15.9 Å². The number of ether oxygens (including phenoxy) is 1. The van der Waals surface area contributed by atoms with E-state index < -0.39 is 67.1 Å². The molecule has 0 fully saturated rings. The van der Waals surface area contributed by atoms with E-state index in [0.717, 1.165) is 0 Å². The summed E-state index contributed by atoms with van der Waals surface area (Å²) in [6.07, 6.45) is -11.7. The molecule has 37 heavy (non-hydrogen) atoms. The molecule has 1 nitrogen and oxygen atoms in total. The third-order valence-corrected chi connectivity index (χ3v) is 5.42. The van der Waals surface area contributed by atoms with Crippen LogP contribution < -0.4 is 4.74 Å². The van der Waals surface area contributed by atoms with E-state index >= 15 is 0 Å². The van der Waals surface area contributed by atoms with Crippen molar-refractivity contribution >= 4 is 15.9 Å². The van der Waals surface area contributed by atoms with Crippen molar-refractivity contribution in [2.45, 2.75) is 65.8 Å². The standard InChI is InChI=1S/C18H12BrF17O/c19-8-9-2-4-10(5-3-9)37-7-1-6-11(20,21)12(22,23)13(24,25)14(26,27)15(28,29)16(30,31)17(32,33)18(34,35)36/h2-5H,1,6-8H2. The normalized spacial score (nSPS) is 15.2. The van der Waals surface area contributed by atoms with Gasteiger partial charge >= 0.3 is 47.6 Å². The van der Waals surface area contributed by atoms with Gasteiger partial charge in [0.05, 0.1) is 6.61 Å². The summed E-state index contributed by atoms with van der Waals surface area (Å²) in [5, 5.41) is 0.367. The van der Waals surface area contributed by atoms with Crippen LogP contribution in [0.2, 0.25) is 0 Å². The first kappa shape index (κ1) is 33.3. The molecule has 0 saturated carbocycles. The molecule has 0 heterocycles. The van der Waals surface area contributed by atoms with Crippen molar-refractivity contribution < 1.29 is 79.4 Å². The van der Waals surface area contributed by atoms with Gasteiger partial charge in [-0.1, -0.05) is 28.1 Å². The van der Waals surface area contributed by atoms with E-state index in [1.54, 1.807) is 0 Å². The Morgan fingerprint density at radius 1 is 0.541 bits per heavy atom. The Labute approximate surface area is 204 Å². The lowest BCUT2D eigenvalue weighted by Gasteiger charge is -2.42. The Kier molecular flexibility index (Phi) is 9.13. The molecule has 0 radical (unpaired) electrons. The van der Waals surface area contributed by atoms with Crippen molar-refractivity contribution in [3.63, 3.8) is 0 Å². The lowest BCUT2D eigenvalue weighted by molar-refractivity contribution is -0.461. The number of hydrogen-bond donors (Lipinski definition) is 0. The highest BCUT2D eigenvalue weighted by Gasteiger charge is 2.95. The van der Waals surface area contributed by atoms with Gasteiger partial charge in [-0.2, -0.15) is 74.6 Å². The van der Waals surface area contributed by atoms with Crippen LogP contribution in [0.3, 0.4) is 0 Å². The largest absolute Gasteiger partial charge is 0.494 e. The molecule has 0 atom stereocenters. The SMILES string of the molecule is FC(F)(F)C(F)(F)C(F)(F)C(F)(F)C(F)(F)C(F)(F)C(F)(F)C(F)(F)CCCOc1ccc(CBr)cc1. The van der Waals surface area contributed by atoms with Crippen molar-refractivity contribution in [3.8, 4) is 5.75 Å². The van der Waals surface area contributed by atoms with Crippen molar-refractivity contribution in [2.75, 3.05) is 6.61 Å². The van der Waals surface area contributed by atoms with Gasteiger partial charge in [0.25, 0.3) is 0 Å². The third kappa shape index (κ3) is 5.42. The first-order chi connectivity index (χ1) is 16.3. The minimum Gasteiger partial charge on any atom is -0.494 e. The molecule has 216 valence electrons. The van der Waals surface area contributed by atoms with Crippen LogP contribution in [0.15, 0.2) is 24.3 Å². The fourth-order valence-electron chi connectivity index (χ4n) is 2.51. The minimum absolute atomic E-state index is 0.0795. The second-order valence-corrected chi connectivity index (χ2v) is 7.94. The maximum Gasteiger partial charge on any atom is 0.460 e. The molecule has 0 bridgehead atoms. The Bertz CT molecular complexity index is 908. The van der Waals surface area contributed by atoms with Gasteiger partial charge in [0.15, 0.2) is 0 Å². The van der Waals surface area contributed by atoms with Gasteiger partial charge in [-0.15, -0.1) is 0 Å². The van der Waals surface area contributed by atoms with Gasteiger partial charge in [-0.25, -0.2) is 0 Å². The van der Waals surface area contributed by atoms with E-state index in [-0.39, 0.29) is 5.75 Å². The number of benzene rings is 1. The fraction of sp³-hybridized carbons (Fsp3) is 0.667. The second-order valence-electron chi connectivity index (χ2n) is 7.38. The lowest BCUT2D eigenvalue weighted by Crippen LogP contribution is -2.74. The summed E-state index contributed by atoms with van der Waals surface area (Å²) in [7, 11) is 0. The van der Waals surface area contributed by atoms with Crippen molar-refractivity contribution in [2.24, 2.45) is 0 Å². The van der Waals surface area contributed by atoms with Crippen LogP contribution in [0, 0.1) is 0 Å². The first-order valence-corrected chi connectivity index (χ1v) is 10.4. The monoisotopic (exact) mass is 646 g/mol. The third-order valence-electron chi connectivity index (χ3n) is 4.77. The molecule has 1 aromatic carbocycles. The molecule has 0 aromatic heterocycles. The Morgan fingerprint density at radius 3 is 1.30 bits per heavy atom. The average molecular weight is 647 g/mol. The van der Waals surface area contributed by atoms with Crippen molar-refractivity contribution in [1.82, 2.24) is 0 Å². The Hall–Kier alpha value is -1.69. The quantitative estimate of drug-likeness (QED) is 0.125. The highest BCUT2D eigenvalue weighted by atomic mass is 79.9. The van der Waals surface area contributed by atoms with Gasteiger partial charge in [0, 0.05) is 11.8 Å². The van der Waals surface area contributed by atoms with Gasteiger partial charge in [0.1, 0.15) is 5.75 Å². The van der Waals surface area contributed by atoms with Gasteiger partial charge < -0.3 is 4.74 Å². The number of halogens is 18. The predicted molar refractivity (Wildman–Crippen MR) is 94.5 cm³/mol. The summed E-state index contributed by atoms with van der Waals surface area (Å²) in [5.74, 6) is -56.3. The maximum absolute atomic E-state index is 13.8. The van der Waals surface area contributed by atoms with Crippen LogP contribution in [0.25, 0.3) is 0 Å². The number of rotatable bonds is 12. The van der Waals surface area contributed by atoms with Crippen LogP contribution in [-0.2, 0) is 5.33 Å². The van der Waals surface area contributed by atoms with Crippen LogP contribution >= 0.6 is 15.9 Å². The average Bonchev–Trinajstić information content (AvgIpc) is 2.75.